The van der Waals surface area contributed by atoms with Crippen LogP contribution in [0.4, 0.5) is 0 Å². The Kier molecular flexibility index (Phi) is 5.51. The average Bonchev–Trinajstić information content (AvgIpc) is 2.41. The maximum atomic E-state index is 6.23. The molecule has 0 aliphatic carbocycles. The molecule has 0 fully saturated rings. The third-order valence-corrected chi connectivity index (χ3v) is 4.64. The second-order valence-corrected chi connectivity index (χ2v) is 7.09. The van der Waals surface area contributed by atoms with Crippen molar-refractivity contribution in [1.29, 1.82) is 0 Å². The van der Waals surface area contributed by atoms with Gasteiger partial charge in [0, 0.05) is 31.1 Å². The van der Waals surface area contributed by atoms with E-state index in [1.165, 1.54) is 16.7 Å². The molecule has 0 bridgehead atoms. The van der Waals surface area contributed by atoms with Crippen molar-refractivity contribution in [2.75, 3.05) is 26.2 Å². The van der Waals surface area contributed by atoms with Gasteiger partial charge in [-0.2, -0.15) is 0 Å². The molecule has 0 saturated heterocycles. The Bertz CT molecular complexity index is 506. The number of aryl methyl sites for hydroxylation is 2. The fraction of sp³-hybridized carbons (Fsp3) is 0.684. The van der Waals surface area contributed by atoms with E-state index in [1.54, 1.807) is 0 Å². The van der Waals surface area contributed by atoms with Crippen LogP contribution in [0.15, 0.2) is 12.1 Å². The zero-order chi connectivity index (χ0) is 16.3. The lowest BCUT2D eigenvalue weighted by Gasteiger charge is -2.39. The molecular weight excluding hydrogens is 272 g/mol. The summed E-state index contributed by atoms with van der Waals surface area (Å²) in [6, 6.07) is 4.83. The van der Waals surface area contributed by atoms with E-state index in [2.05, 4.69) is 63.9 Å². The van der Waals surface area contributed by atoms with Crippen LogP contribution in [0.2, 0.25) is 0 Å². The highest BCUT2D eigenvalue weighted by molar-refractivity contribution is 5.47. The van der Waals surface area contributed by atoms with Gasteiger partial charge in [-0.3, -0.25) is 0 Å². The van der Waals surface area contributed by atoms with Gasteiger partial charge in [-0.05, 0) is 58.0 Å². The van der Waals surface area contributed by atoms with E-state index in [9.17, 15) is 0 Å². The molecule has 1 aromatic rings. The van der Waals surface area contributed by atoms with Crippen LogP contribution in [0.1, 0.15) is 56.8 Å². The lowest BCUT2D eigenvalue weighted by molar-refractivity contribution is 0.0652. The van der Waals surface area contributed by atoms with Crippen LogP contribution in [0, 0.1) is 13.8 Å². The predicted molar refractivity (Wildman–Crippen MR) is 93.8 cm³/mol. The number of likely N-dealkylation sites (N-methyl/N-ethyl adjacent to an activating group) is 1. The minimum atomic E-state index is -0.111. The van der Waals surface area contributed by atoms with Gasteiger partial charge in [0.05, 0.1) is 0 Å². The Morgan fingerprint density at radius 3 is 2.55 bits per heavy atom. The van der Waals surface area contributed by atoms with E-state index in [1.807, 2.05) is 0 Å². The maximum absolute atomic E-state index is 6.23. The molecule has 1 atom stereocenters. The lowest BCUT2D eigenvalue weighted by Crippen LogP contribution is -2.42. The first-order valence-electron chi connectivity index (χ1n) is 8.62. The Labute approximate surface area is 136 Å². The Hall–Kier alpha value is -1.06. The molecule has 0 amide bonds. The van der Waals surface area contributed by atoms with Crippen molar-refractivity contribution < 1.29 is 4.74 Å². The molecule has 1 aliphatic heterocycles. The summed E-state index contributed by atoms with van der Waals surface area (Å²) in [6.45, 7) is 17.5. The number of benzene rings is 1. The molecule has 1 aromatic carbocycles. The maximum Gasteiger partial charge on any atom is 0.125 e. The van der Waals surface area contributed by atoms with Crippen LogP contribution < -0.4 is 10.1 Å². The van der Waals surface area contributed by atoms with Gasteiger partial charge in [-0.15, -0.1) is 0 Å². The highest BCUT2D eigenvalue weighted by Gasteiger charge is 2.34. The second-order valence-electron chi connectivity index (χ2n) is 7.09. The first-order valence-corrected chi connectivity index (χ1v) is 8.62. The normalized spacial score (nSPS) is 19.9. The lowest BCUT2D eigenvalue weighted by atomic mass is 9.86. The van der Waals surface area contributed by atoms with E-state index < -0.39 is 0 Å². The number of nitrogens with one attached hydrogen (secondary N) is 1. The summed E-state index contributed by atoms with van der Waals surface area (Å²) in [5, 5.41) is 3.77. The molecule has 1 unspecified atom stereocenters. The molecule has 22 heavy (non-hydrogen) atoms. The molecule has 3 heteroatoms. The van der Waals surface area contributed by atoms with E-state index >= 15 is 0 Å². The molecule has 0 saturated carbocycles. The Balaban J connectivity index is 2.15. The number of fused-ring (bicyclic) bond motifs is 1. The molecule has 2 rings (SSSR count). The van der Waals surface area contributed by atoms with Gasteiger partial charge >= 0.3 is 0 Å². The average molecular weight is 304 g/mol. The highest BCUT2D eigenvalue weighted by atomic mass is 16.5. The first-order chi connectivity index (χ1) is 10.4. The number of nitrogens with zero attached hydrogens (tertiary/aromatic N) is 1. The third-order valence-electron chi connectivity index (χ3n) is 4.64. The van der Waals surface area contributed by atoms with Crippen molar-refractivity contribution in [3.05, 3.63) is 28.8 Å². The van der Waals surface area contributed by atoms with Crippen molar-refractivity contribution in [2.45, 2.75) is 59.6 Å². The summed E-state index contributed by atoms with van der Waals surface area (Å²) in [6.07, 6.45) is 1.02. The zero-order valence-corrected chi connectivity index (χ0v) is 15.1. The van der Waals surface area contributed by atoms with Gasteiger partial charge in [0.1, 0.15) is 11.4 Å². The predicted octanol–water partition coefficient (Wildman–Crippen LogP) is 3.84. The fourth-order valence-electron chi connectivity index (χ4n) is 3.51. The molecule has 124 valence electrons. The third kappa shape index (κ3) is 4.02. The minimum absolute atomic E-state index is 0.111. The van der Waals surface area contributed by atoms with E-state index in [0.717, 1.165) is 38.3 Å². The number of hydrogen-bond acceptors (Lipinski definition) is 3. The molecule has 3 nitrogen and oxygen atoms in total. The van der Waals surface area contributed by atoms with Gasteiger partial charge < -0.3 is 15.0 Å². The molecule has 1 aliphatic rings. The summed E-state index contributed by atoms with van der Waals surface area (Å²) in [5.74, 6) is 1.06. The Morgan fingerprint density at radius 1 is 1.23 bits per heavy atom. The quantitative estimate of drug-likeness (QED) is 0.864. The van der Waals surface area contributed by atoms with Crippen LogP contribution in [0.3, 0.4) is 0 Å². The van der Waals surface area contributed by atoms with Crippen molar-refractivity contribution in [1.82, 2.24) is 10.2 Å². The van der Waals surface area contributed by atoms with Gasteiger partial charge in [0.2, 0.25) is 0 Å². The van der Waals surface area contributed by atoms with Crippen LogP contribution in [-0.4, -0.2) is 36.7 Å². The van der Waals surface area contributed by atoms with Crippen molar-refractivity contribution in [2.24, 2.45) is 0 Å². The fourth-order valence-corrected chi connectivity index (χ4v) is 3.51. The first kappa shape index (κ1) is 17.3. The molecule has 0 aromatic heterocycles. The van der Waals surface area contributed by atoms with Crippen molar-refractivity contribution >= 4 is 0 Å². The standard InChI is InChI=1S/C19H32N2O/c1-7-21(8-2)10-9-20-16-13-19(5,6)22-17-12-14(3)11-15(4)18(16)17/h11-12,16,20H,7-10,13H2,1-6H3. The van der Waals surface area contributed by atoms with Gasteiger partial charge in [-0.25, -0.2) is 0 Å². The second kappa shape index (κ2) is 7.01. The SMILES string of the molecule is CCN(CC)CCNC1CC(C)(C)Oc2cc(C)cc(C)c21. The van der Waals surface area contributed by atoms with Crippen LogP contribution in [0.5, 0.6) is 5.75 Å². The summed E-state index contributed by atoms with van der Waals surface area (Å²) in [4.78, 5) is 2.46. The van der Waals surface area contributed by atoms with Gasteiger partial charge in [0.15, 0.2) is 0 Å². The van der Waals surface area contributed by atoms with Gasteiger partial charge in [-0.1, -0.05) is 19.9 Å². The molecule has 0 radical (unpaired) electrons. The monoisotopic (exact) mass is 304 g/mol. The van der Waals surface area contributed by atoms with E-state index in [0.29, 0.717) is 6.04 Å². The van der Waals surface area contributed by atoms with Crippen LogP contribution >= 0.6 is 0 Å². The highest BCUT2D eigenvalue weighted by Crippen LogP contribution is 2.41. The summed E-state index contributed by atoms with van der Waals surface area (Å²) < 4.78 is 6.23. The van der Waals surface area contributed by atoms with Crippen molar-refractivity contribution in [3.8, 4) is 5.75 Å². The van der Waals surface area contributed by atoms with Crippen molar-refractivity contribution in [3.63, 3.8) is 0 Å². The number of ether oxygens (including phenoxy) is 1. The molecular formula is C19H32N2O. The molecule has 1 heterocycles. The summed E-state index contributed by atoms with van der Waals surface area (Å²) in [5.41, 5.74) is 3.85. The summed E-state index contributed by atoms with van der Waals surface area (Å²) in [7, 11) is 0. The van der Waals surface area contributed by atoms with Crippen LogP contribution in [-0.2, 0) is 0 Å². The number of hydrogen-bond donors (Lipinski definition) is 1. The van der Waals surface area contributed by atoms with E-state index in [-0.39, 0.29) is 5.60 Å². The van der Waals surface area contributed by atoms with Gasteiger partial charge in [0.25, 0.3) is 0 Å². The Morgan fingerprint density at radius 2 is 1.91 bits per heavy atom. The topological polar surface area (TPSA) is 24.5 Å². The molecule has 0 spiro atoms. The largest absolute Gasteiger partial charge is 0.487 e. The van der Waals surface area contributed by atoms with E-state index in [4.69, 9.17) is 4.74 Å². The van der Waals surface area contributed by atoms with Crippen LogP contribution in [0.25, 0.3) is 0 Å². The smallest absolute Gasteiger partial charge is 0.125 e. The minimum Gasteiger partial charge on any atom is -0.487 e. The summed E-state index contributed by atoms with van der Waals surface area (Å²) >= 11 is 0. The number of rotatable bonds is 6. The zero-order valence-electron chi connectivity index (χ0n) is 15.1. The molecule has 1 N–H and O–H groups in total.